The molecule has 1 heterocycles. The number of hydrazone groups is 2. The Balaban J connectivity index is 1.68. The number of hydrogen-bond donors (Lipinski definition) is 5. The minimum absolute atomic E-state index is 0.0864. The van der Waals surface area contributed by atoms with E-state index in [1.54, 1.807) is 31.2 Å². The molecule has 5 N–H and O–H groups in total. The maximum absolute atomic E-state index is 13.6. The summed E-state index contributed by atoms with van der Waals surface area (Å²) in [6.45, 7) is 1.31. The molecule has 4 aliphatic rings. The molecule has 1 aromatic heterocycles. The van der Waals surface area contributed by atoms with Gasteiger partial charge in [0.15, 0.2) is 11.2 Å². The molecule has 4 aliphatic carbocycles. The number of hydrazine groups is 2. The number of pyridine rings is 1. The lowest BCUT2D eigenvalue weighted by Gasteiger charge is -2.27. The summed E-state index contributed by atoms with van der Waals surface area (Å²) in [6.07, 6.45) is 1.47. The van der Waals surface area contributed by atoms with Crippen LogP contribution in [0.25, 0.3) is 22.3 Å². The Morgan fingerprint density at radius 1 is 0.977 bits per heavy atom. The number of phenols is 1. The molecule has 1 amide bonds. The van der Waals surface area contributed by atoms with Gasteiger partial charge < -0.3 is 25.0 Å². The second-order valence-corrected chi connectivity index (χ2v) is 10.9. The maximum Gasteiger partial charge on any atom is 0.274 e. The molecule has 0 bridgehead atoms. The van der Waals surface area contributed by atoms with Gasteiger partial charge in [0, 0.05) is 23.3 Å². The van der Waals surface area contributed by atoms with Crippen molar-refractivity contribution in [2.45, 2.75) is 25.2 Å². The van der Waals surface area contributed by atoms with E-state index in [2.05, 4.69) is 10.4 Å². The summed E-state index contributed by atoms with van der Waals surface area (Å²) in [5.74, 6) is -2.98. The topological polar surface area (TPSA) is 206 Å². The molecule has 1 spiro atoms. The van der Waals surface area contributed by atoms with Gasteiger partial charge in [-0.1, -0.05) is 6.07 Å². The highest BCUT2D eigenvalue weighted by Gasteiger charge is 2.53. The third kappa shape index (κ3) is 3.57. The lowest BCUT2D eigenvalue weighted by molar-refractivity contribution is -0.711. The number of hydrogen-bond acceptors (Lipinski definition) is 11. The number of aliphatic hydroxyl groups is 2. The third-order valence-corrected chi connectivity index (χ3v) is 8.24. The minimum atomic E-state index is -1.99. The Morgan fingerprint density at radius 2 is 1.61 bits per heavy atom. The lowest BCUT2D eigenvalue weighted by atomic mass is 9.78. The lowest BCUT2D eigenvalue weighted by Crippen LogP contribution is -2.51. The number of aromatic hydroxyl groups is 1. The number of phenolic OH excluding ortho intramolecular Hbond substituents is 1. The zero-order valence-electron chi connectivity index (χ0n) is 23.8. The fourth-order valence-electron chi connectivity index (χ4n) is 6.38. The van der Waals surface area contributed by atoms with Gasteiger partial charge in [0.2, 0.25) is 16.3 Å². The molecule has 2 aromatic rings. The van der Waals surface area contributed by atoms with Gasteiger partial charge in [0.1, 0.15) is 28.4 Å². The molecule has 44 heavy (non-hydrogen) atoms. The van der Waals surface area contributed by atoms with Gasteiger partial charge in [-0.3, -0.25) is 28.8 Å². The molecule has 14 nitrogen and oxygen atoms in total. The van der Waals surface area contributed by atoms with Gasteiger partial charge in [-0.2, -0.15) is 5.01 Å². The fraction of sp³-hybridized carbons (Fsp3) is 0.233. The number of aryl methyl sites for hydroxylation is 1. The Kier molecular flexibility index (Phi) is 6.03. The zero-order valence-corrected chi connectivity index (χ0v) is 23.8. The number of H-pyrrole nitrogens is 1. The highest BCUT2D eigenvalue weighted by molar-refractivity contribution is 5.96. The van der Waals surface area contributed by atoms with Crippen molar-refractivity contribution in [3.05, 3.63) is 107 Å². The second kappa shape index (κ2) is 9.36. The van der Waals surface area contributed by atoms with Gasteiger partial charge in [0.25, 0.3) is 17.7 Å². The van der Waals surface area contributed by atoms with Crippen LogP contribution in [0.4, 0.5) is 0 Å². The van der Waals surface area contributed by atoms with Crippen LogP contribution >= 0.6 is 0 Å². The molecule has 224 valence electrons. The van der Waals surface area contributed by atoms with Gasteiger partial charge >= 0.3 is 0 Å². The van der Waals surface area contributed by atoms with E-state index in [0.29, 0.717) is 10.9 Å². The van der Waals surface area contributed by atoms with Crippen LogP contribution < -0.4 is 47.9 Å². The summed E-state index contributed by atoms with van der Waals surface area (Å²) in [7, 11) is 4.43. The average Bonchev–Trinajstić information content (AvgIpc) is 3.44. The van der Waals surface area contributed by atoms with Crippen molar-refractivity contribution < 1.29 is 29.6 Å². The Labute approximate surface area is 244 Å². The van der Waals surface area contributed by atoms with Crippen molar-refractivity contribution in [3.8, 4) is 11.5 Å². The summed E-state index contributed by atoms with van der Waals surface area (Å²) in [5.41, 5.74) is -3.85. The molecule has 6 rings (SSSR count). The highest BCUT2D eigenvalue weighted by Crippen LogP contribution is 2.54. The minimum Gasteiger partial charge on any atom is -0.510 e. The van der Waals surface area contributed by atoms with Crippen LogP contribution in [0.3, 0.4) is 0 Å². The Morgan fingerprint density at radius 3 is 2.20 bits per heavy atom. The van der Waals surface area contributed by atoms with E-state index in [0.717, 1.165) is 13.2 Å². The van der Waals surface area contributed by atoms with E-state index in [-0.39, 0.29) is 35.4 Å². The number of rotatable bonds is 4. The molecule has 1 aromatic carbocycles. The van der Waals surface area contributed by atoms with Crippen molar-refractivity contribution in [2.24, 2.45) is 0 Å². The standard InChI is InChI=1S/C30H24N4O10/c1-11(35)32-34(33(2)3)10-14-8-13-7-12-5-6-30(22(12)26(40)17(13)29(43)31-14)27(41)20-21(28(30)42)25(39)19-18(24(20)38)15(36)9-16(44-4)23(19)37/h7-10,31H,5-6H2,1-4H3,(H3,32,35,40,43)/p+1. The molecule has 1 unspecified atom stereocenters. The first-order chi connectivity index (χ1) is 20.7. The monoisotopic (exact) mass is 601 g/mol. The fourth-order valence-corrected chi connectivity index (χ4v) is 6.38. The van der Waals surface area contributed by atoms with Crippen LogP contribution in [-0.4, -0.2) is 63.4 Å². The third-order valence-electron chi connectivity index (χ3n) is 8.24. The van der Waals surface area contributed by atoms with Crippen LogP contribution in [0.1, 0.15) is 30.2 Å². The van der Waals surface area contributed by atoms with Crippen molar-refractivity contribution in [1.82, 2.24) is 15.4 Å². The number of aliphatic hydroxyl groups excluding tert-OH is 2. The molecular formula is C30H25N4O10+. The Bertz CT molecular complexity index is 2510. The molecule has 0 fully saturated rings. The number of fused-ring (bicyclic) bond motifs is 4. The number of ether oxygens (including phenoxy) is 1. The number of benzene rings is 1. The summed E-state index contributed by atoms with van der Waals surface area (Å²) in [4.78, 5) is 81.8. The zero-order chi connectivity index (χ0) is 32.0. The van der Waals surface area contributed by atoms with Gasteiger partial charge in [-0.25, -0.2) is 0 Å². The van der Waals surface area contributed by atoms with E-state index in [9.17, 15) is 44.1 Å². The Hall–Kier alpha value is -5.79. The van der Waals surface area contributed by atoms with E-state index in [1.807, 2.05) is 0 Å². The van der Waals surface area contributed by atoms with Gasteiger partial charge in [-0.15, -0.1) is 5.43 Å². The SMILES string of the molecule is COc1cc(=O)c2c(=O)c3c(c(=O)c=2c1=O)=C(O)C1(CCc2cc4cc(/C=[N+](\NC(C)=O)N(C)C)[nH]c(=O)c4c(O)c21)C=3O. The molecular weight excluding hydrogens is 576 g/mol. The predicted octanol–water partition coefficient (Wildman–Crippen LogP) is -2.53. The first kappa shape index (κ1) is 28.3. The van der Waals surface area contributed by atoms with E-state index < -0.39 is 76.6 Å². The maximum atomic E-state index is 13.6. The van der Waals surface area contributed by atoms with Crippen LogP contribution in [0, 0.1) is 10.4 Å². The number of aromatic nitrogens is 1. The number of nitrogens with zero attached hydrogens (tertiary/aromatic N) is 2. The normalized spacial score (nSPS) is 17.4. The average molecular weight is 602 g/mol. The summed E-state index contributed by atoms with van der Waals surface area (Å²) in [6, 6.07) is 3.91. The van der Waals surface area contributed by atoms with Crippen molar-refractivity contribution in [2.75, 3.05) is 21.2 Å². The number of carbonyl (C=O) groups excluding carboxylic acids is 1. The molecule has 14 heteroatoms. The molecule has 1 atom stereocenters. The number of carbonyl (C=O) groups is 1. The molecule has 0 saturated heterocycles. The largest absolute Gasteiger partial charge is 0.510 e. The van der Waals surface area contributed by atoms with Crippen molar-refractivity contribution >= 4 is 34.4 Å². The van der Waals surface area contributed by atoms with Gasteiger partial charge in [-0.05, 0) is 29.9 Å². The number of methoxy groups -OCH3 is 1. The predicted molar refractivity (Wildman–Crippen MR) is 156 cm³/mol. The summed E-state index contributed by atoms with van der Waals surface area (Å²) in [5, 5.41) is 33.5. The quantitative estimate of drug-likeness (QED) is 0.0937. The number of nitrogens with one attached hydrogen (secondary N) is 2. The summed E-state index contributed by atoms with van der Waals surface area (Å²) >= 11 is 0. The van der Waals surface area contributed by atoms with Crippen molar-refractivity contribution in [3.63, 3.8) is 0 Å². The smallest absolute Gasteiger partial charge is 0.274 e. The van der Waals surface area contributed by atoms with E-state index >= 15 is 0 Å². The van der Waals surface area contributed by atoms with Crippen LogP contribution in [0.5, 0.6) is 11.5 Å². The van der Waals surface area contributed by atoms with Gasteiger partial charge in [0.05, 0.1) is 47.5 Å². The molecule has 0 saturated carbocycles. The number of aromatic amines is 1. The summed E-state index contributed by atoms with van der Waals surface area (Å²) < 4.78 is 4.89. The number of amides is 1. The first-order valence-electron chi connectivity index (χ1n) is 13.3. The van der Waals surface area contributed by atoms with Crippen LogP contribution in [0.2, 0.25) is 0 Å². The molecule has 0 aliphatic heterocycles. The molecule has 0 radical (unpaired) electrons. The van der Waals surface area contributed by atoms with Crippen molar-refractivity contribution in [1.29, 1.82) is 0 Å². The second-order valence-electron chi connectivity index (χ2n) is 10.9. The van der Waals surface area contributed by atoms with Crippen LogP contribution in [-0.2, 0) is 16.6 Å². The van der Waals surface area contributed by atoms with E-state index in [1.165, 1.54) is 17.9 Å². The van der Waals surface area contributed by atoms with Crippen LogP contribution in [0.15, 0.2) is 42.2 Å². The van der Waals surface area contributed by atoms with E-state index in [4.69, 9.17) is 4.74 Å². The highest BCUT2D eigenvalue weighted by atomic mass is 16.5. The first-order valence-corrected chi connectivity index (χ1v) is 13.3.